The number of unbranched alkanes of at least 4 members (excludes halogenated alkanes) is 4. The van der Waals surface area contributed by atoms with Crippen molar-refractivity contribution in [3.8, 4) is 0 Å². The van der Waals surface area contributed by atoms with Gasteiger partial charge < -0.3 is 20.5 Å². The highest BCUT2D eigenvalue weighted by Gasteiger charge is 2.47. The first-order valence-electron chi connectivity index (χ1n) is 11.6. The van der Waals surface area contributed by atoms with Crippen molar-refractivity contribution in [1.82, 2.24) is 10.6 Å². The van der Waals surface area contributed by atoms with E-state index in [0.29, 0.717) is 31.2 Å². The van der Waals surface area contributed by atoms with Crippen LogP contribution in [0.1, 0.15) is 77.6 Å². The zero-order chi connectivity index (χ0) is 21.8. The highest BCUT2D eigenvalue weighted by molar-refractivity contribution is 5.84. The SMILES string of the molecule is CCCCCCC(=O)NCC(=O)NC[C@@H]1[C@H](C/C=C\CCCC(=O)O)[C@H]2CC[C@@H]1O2. The number of carbonyl (C=O) groups is 3. The molecule has 2 aliphatic rings. The first-order valence-corrected chi connectivity index (χ1v) is 11.6. The fourth-order valence-corrected chi connectivity index (χ4v) is 4.50. The molecule has 2 heterocycles. The summed E-state index contributed by atoms with van der Waals surface area (Å²) < 4.78 is 6.07. The van der Waals surface area contributed by atoms with Gasteiger partial charge in [0, 0.05) is 25.3 Å². The number of allylic oxidation sites excluding steroid dienone is 2. The van der Waals surface area contributed by atoms with Gasteiger partial charge in [-0.25, -0.2) is 0 Å². The van der Waals surface area contributed by atoms with Gasteiger partial charge in [0.2, 0.25) is 11.8 Å². The van der Waals surface area contributed by atoms with Crippen LogP contribution in [-0.2, 0) is 19.1 Å². The van der Waals surface area contributed by atoms with Crippen molar-refractivity contribution in [3.05, 3.63) is 12.2 Å². The van der Waals surface area contributed by atoms with Crippen LogP contribution in [0.15, 0.2) is 12.2 Å². The smallest absolute Gasteiger partial charge is 0.303 e. The molecule has 2 aliphatic heterocycles. The summed E-state index contributed by atoms with van der Waals surface area (Å²) >= 11 is 0. The third kappa shape index (κ3) is 8.46. The molecule has 2 saturated heterocycles. The van der Waals surface area contributed by atoms with Gasteiger partial charge in [-0.15, -0.1) is 0 Å². The maximum atomic E-state index is 12.2. The molecule has 7 heteroatoms. The van der Waals surface area contributed by atoms with Crippen LogP contribution in [0.25, 0.3) is 0 Å². The van der Waals surface area contributed by atoms with Gasteiger partial charge in [0.05, 0.1) is 18.8 Å². The van der Waals surface area contributed by atoms with Crippen LogP contribution in [0.5, 0.6) is 0 Å². The second-order valence-corrected chi connectivity index (χ2v) is 8.50. The topological polar surface area (TPSA) is 105 Å². The predicted octanol–water partition coefficient (Wildman–Crippen LogP) is 3.18. The van der Waals surface area contributed by atoms with E-state index in [1.165, 1.54) is 0 Å². The Hall–Kier alpha value is -1.89. The Morgan fingerprint density at radius 2 is 1.70 bits per heavy atom. The standard InChI is InChI=1S/C23H38N2O5/c1-2-3-4-8-11-21(26)25-16-22(27)24-15-18-17(19-13-14-20(18)30-19)10-7-5-6-9-12-23(28)29/h5,7,17-20H,2-4,6,8-16H2,1H3,(H,24,27)(H,25,26)(H,28,29)/b7-5-/t17-,18+,19+,20-/m0/s1. The summed E-state index contributed by atoms with van der Waals surface area (Å²) in [6, 6.07) is 0. The molecule has 4 atom stereocenters. The van der Waals surface area contributed by atoms with E-state index in [1.807, 2.05) is 0 Å². The Labute approximate surface area is 180 Å². The zero-order valence-corrected chi connectivity index (χ0v) is 18.2. The quantitative estimate of drug-likeness (QED) is 0.278. The zero-order valence-electron chi connectivity index (χ0n) is 18.2. The third-order valence-electron chi connectivity index (χ3n) is 6.17. The number of carboxylic acids is 1. The molecule has 0 aromatic rings. The van der Waals surface area contributed by atoms with E-state index >= 15 is 0 Å². The van der Waals surface area contributed by atoms with Crippen LogP contribution in [0, 0.1) is 11.8 Å². The van der Waals surface area contributed by atoms with Gasteiger partial charge >= 0.3 is 5.97 Å². The maximum absolute atomic E-state index is 12.2. The molecule has 2 fully saturated rings. The molecule has 170 valence electrons. The molecule has 0 unspecified atom stereocenters. The average molecular weight is 423 g/mol. The number of fused-ring (bicyclic) bond motifs is 2. The largest absolute Gasteiger partial charge is 0.481 e. The number of aliphatic carboxylic acids is 1. The molecule has 0 aromatic carbocycles. The lowest BCUT2D eigenvalue weighted by Gasteiger charge is -2.27. The van der Waals surface area contributed by atoms with E-state index in [4.69, 9.17) is 9.84 Å². The van der Waals surface area contributed by atoms with Gasteiger partial charge in [0.1, 0.15) is 0 Å². The number of carboxylic acid groups (broad SMARTS) is 1. The monoisotopic (exact) mass is 422 g/mol. The molecule has 2 amide bonds. The minimum Gasteiger partial charge on any atom is -0.481 e. The number of carbonyl (C=O) groups excluding carboxylic acids is 2. The van der Waals surface area contributed by atoms with Crippen LogP contribution in [-0.4, -0.2) is 48.2 Å². The molecule has 0 aromatic heterocycles. The molecular weight excluding hydrogens is 384 g/mol. The van der Waals surface area contributed by atoms with E-state index in [2.05, 4.69) is 29.7 Å². The highest BCUT2D eigenvalue weighted by Crippen LogP contribution is 2.44. The Morgan fingerprint density at radius 1 is 0.933 bits per heavy atom. The summed E-state index contributed by atoms with van der Waals surface area (Å²) in [6.07, 6.45) is 13.9. The Kier molecular flexibility index (Phi) is 10.9. The fraction of sp³-hybridized carbons (Fsp3) is 0.783. The van der Waals surface area contributed by atoms with Crippen molar-refractivity contribution in [2.45, 2.75) is 89.8 Å². The molecule has 0 spiro atoms. The summed E-state index contributed by atoms with van der Waals surface area (Å²) in [5.74, 6) is -0.291. The van der Waals surface area contributed by atoms with Gasteiger partial charge in [0.15, 0.2) is 0 Å². The van der Waals surface area contributed by atoms with Crippen LogP contribution in [0.4, 0.5) is 0 Å². The van der Waals surface area contributed by atoms with Gasteiger partial charge in [0.25, 0.3) is 0 Å². The van der Waals surface area contributed by atoms with Crippen LogP contribution in [0.2, 0.25) is 0 Å². The number of hydrogen-bond acceptors (Lipinski definition) is 4. The first-order chi connectivity index (χ1) is 14.5. The Bertz CT molecular complexity index is 592. The van der Waals surface area contributed by atoms with E-state index in [1.54, 1.807) is 0 Å². The summed E-state index contributed by atoms with van der Waals surface area (Å²) in [6.45, 7) is 2.74. The van der Waals surface area contributed by atoms with E-state index in [0.717, 1.165) is 51.4 Å². The second-order valence-electron chi connectivity index (χ2n) is 8.50. The van der Waals surface area contributed by atoms with Crippen molar-refractivity contribution in [2.75, 3.05) is 13.1 Å². The summed E-state index contributed by atoms with van der Waals surface area (Å²) in [5.41, 5.74) is 0. The van der Waals surface area contributed by atoms with Crippen molar-refractivity contribution in [3.63, 3.8) is 0 Å². The van der Waals surface area contributed by atoms with Gasteiger partial charge in [-0.2, -0.15) is 0 Å². The molecule has 3 N–H and O–H groups in total. The molecule has 0 radical (unpaired) electrons. The van der Waals surface area contributed by atoms with E-state index in [9.17, 15) is 14.4 Å². The molecular formula is C23H38N2O5. The minimum atomic E-state index is -0.756. The van der Waals surface area contributed by atoms with Crippen molar-refractivity contribution < 1.29 is 24.2 Å². The second kappa shape index (κ2) is 13.4. The van der Waals surface area contributed by atoms with Gasteiger partial charge in [-0.3, -0.25) is 14.4 Å². The maximum Gasteiger partial charge on any atom is 0.303 e. The molecule has 2 rings (SSSR count). The minimum absolute atomic E-state index is 0.0302. The van der Waals surface area contributed by atoms with Crippen molar-refractivity contribution in [2.24, 2.45) is 11.8 Å². The molecule has 2 bridgehead atoms. The lowest BCUT2D eigenvalue weighted by Crippen LogP contribution is -2.42. The summed E-state index contributed by atoms with van der Waals surface area (Å²) in [4.78, 5) is 34.5. The molecule has 30 heavy (non-hydrogen) atoms. The number of hydrogen-bond donors (Lipinski definition) is 3. The van der Waals surface area contributed by atoms with Crippen LogP contribution in [0.3, 0.4) is 0 Å². The van der Waals surface area contributed by atoms with E-state index < -0.39 is 5.97 Å². The first kappa shape index (κ1) is 24.4. The molecule has 0 aliphatic carbocycles. The number of ether oxygens (including phenoxy) is 1. The van der Waals surface area contributed by atoms with E-state index in [-0.39, 0.29) is 37.0 Å². The number of nitrogens with one attached hydrogen (secondary N) is 2. The normalized spacial score (nSPS) is 25.0. The van der Waals surface area contributed by atoms with Crippen molar-refractivity contribution >= 4 is 17.8 Å². The van der Waals surface area contributed by atoms with Gasteiger partial charge in [-0.1, -0.05) is 38.3 Å². The van der Waals surface area contributed by atoms with Crippen LogP contribution < -0.4 is 10.6 Å². The number of amides is 2. The average Bonchev–Trinajstić information content (AvgIpc) is 3.32. The molecule has 0 saturated carbocycles. The lowest BCUT2D eigenvalue weighted by atomic mass is 9.77. The summed E-state index contributed by atoms with van der Waals surface area (Å²) in [5, 5.41) is 14.4. The van der Waals surface area contributed by atoms with Crippen LogP contribution >= 0.6 is 0 Å². The molecule has 7 nitrogen and oxygen atoms in total. The van der Waals surface area contributed by atoms with Crippen molar-refractivity contribution in [1.29, 1.82) is 0 Å². The van der Waals surface area contributed by atoms with Gasteiger partial charge in [-0.05, 0) is 44.4 Å². The Balaban J connectivity index is 1.66. The lowest BCUT2D eigenvalue weighted by molar-refractivity contribution is -0.137. The highest BCUT2D eigenvalue weighted by atomic mass is 16.5. The number of rotatable bonds is 15. The predicted molar refractivity (Wildman–Crippen MR) is 115 cm³/mol. The Morgan fingerprint density at radius 3 is 2.43 bits per heavy atom. The fourth-order valence-electron chi connectivity index (χ4n) is 4.50. The third-order valence-corrected chi connectivity index (χ3v) is 6.17. The summed E-state index contributed by atoms with van der Waals surface area (Å²) in [7, 11) is 0.